The molecule has 2 rings (SSSR count). The van der Waals surface area contributed by atoms with Gasteiger partial charge in [0.25, 0.3) is 0 Å². The highest BCUT2D eigenvalue weighted by atomic mass is 16.4. The Hall–Kier alpha value is -1.98. The maximum Gasteiger partial charge on any atom is 0.306 e. The van der Waals surface area contributed by atoms with Gasteiger partial charge in [-0.3, -0.25) is 9.20 Å². The zero-order valence-corrected chi connectivity index (χ0v) is 10.9. The lowest BCUT2D eigenvalue weighted by molar-refractivity contribution is -0.141. The van der Waals surface area contributed by atoms with E-state index in [2.05, 4.69) is 15.2 Å². The molecule has 18 heavy (non-hydrogen) atoms. The second-order valence-corrected chi connectivity index (χ2v) is 4.61. The lowest BCUT2D eigenvalue weighted by Crippen LogP contribution is -2.19. The Bertz CT molecular complexity index is 605. The summed E-state index contributed by atoms with van der Waals surface area (Å²) in [5.41, 5.74) is 1.58. The molecule has 0 bridgehead atoms. The van der Waals surface area contributed by atoms with Crippen molar-refractivity contribution in [1.29, 1.82) is 0 Å². The van der Waals surface area contributed by atoms with Crippen LogP contribution in [0.15, 0.2) is 6.07 Å². The van der Waals surface area contributed by atoms with Crippen LogP contribution in [0.1, 0.15) is 37.1 Å². The Balaban J connectivity index is 2.56. The average Bonchev–Trinajstić information content (AvgIpc) is 2.70. The number of hydrogen-bond donors (Lipinski definition) is 1. The van der Waals surface area contributed by atoms with E-state index in [1.54, 1.807) is 6.92 Å². The maximum atomic E-state index is 11.0. The third-order valence-electron chi connectivity index (χ3n) is 3.26. The first-order valence-electron chi connectivity index (χ1n) is 5.84. The molecule has 96 valence electrons. The van der Waals surface area contributed by atoms with Crippen molar-refractivity contribution < 1.29 is 9.90 Å². The number of carbonyl (C=O) groups is 1. The Morgan fingerprint density at radius 3 is 2.61 bits per heavy atom. The summed E-state index contributed by atoms with van der Waals surface area (Å²) in [7, 11) is 0. The number of fused-ring (bicyclic) bond motifs is 1. The van der Waals surface area contributed by atoms with Crippen LogP contribution < -0.4 is 0 Å². The number of hydrogen-bond acceptors (Lipinski definition) is 4. The minimum atomic E-state index is -0.836. The summed E-state index contributed by atoms with van der Waals surface area (Å²) in [5.74, 6) is -0.157. The van der Waals surface area contributed by atoms with Gasteiger partial charge in [0.2, 0.25) is 0 Å². The molecule has 0 saturated carbocycles. The highest BCUT2D eigenvalue weighted by Gasteiger charge is 2.25. The molecule has 2 heterocycles. The van der Waals surface area contributed by atoms with E-state index in [1.807, 2.05) is 31.2 Å². The molecule has 0 aliphatic rings. The van der Waals surface area contributed by atoms with Crippen LogP contribution in [0.3, 0.4) is 0 Å². The Labute approximate surface area is 105 Å². The number of aliphatic carboxylic acids is 1. The molecule has 0 fully saturated rings. The number of nitrogens with zero attached hydrogens (tertiary/aromatic N) is 4. The minimum absolute atomic E-state index is 0.222. The predicted molar refractivity (Wildman–Crippen MR) is 65.5 cm³/mol. The predicted octanol–water partition coefficient (Wildman–Crippen LogP) is 1.57. The third kappa shape index (κ3) is 1.94. The second kappa shape index (κ2) is 4.36. The summed E-state index contributed by atoms with van der Waals surface area (Å²) < 4.78 is 1.82. The molecule has 2 unspecified atom stereocenters. The fraction of sp³-hybridized carbons (Fsp3) is 0.500. The Morgan fingerprint density at radius 2 is 2.00 bits per heavy atom. The molecule has 0 saturated heterocycles. The summed E-state index contributed by atoms with van der Waals surface area (Å²) in [6.07, 6.45) is 0. The molecule has 2 aromatic heterocycles. The largest absolute Gasteiger partial charge is 0.481 e. The first-order chi connectivity index (χ1) is 8.41. The van der Waals surface area contributed by atoms with Gasteiger partial charge in [-0.2, -0.15) is 0 Å². The molecule has 0 amide bonds. The van der Waals surface area contributed by atoms with Crippen LogP contribution >= 0.6 is 0 Å². The van der Waals surface area contributed by atoms with Gasteiger partial charge in [-0.25, -0.2) is 4.98 Å². The number of carboxylic acids is 1. The molecule has 6 heteroatoms. The fourth-order valence-corrected chi connectivity index (χ4v) is 1.99. The van der Waals surface area contributed by atoms with Crippen molar-refractivity contribution in [2.75, 3.05) is 0 Å². The van der Waals surface area contributed by atoms with Crippen LogP contribution in [-0.2, 0) is 4.79 Å². The van der Waals surface area contributed by atoms with Gasteiger partial charge >= 0.3 is 5.97 Å². The zero-order valence-electron chi connectivity index (χ0n) is 10.9. The van der Waals surface area contributed by atoms with E-state index in [-0.39, 0.29) is 5.92 Å². The van der Waals surface area contributed by atoms with Crippen molar-refractivity contribution in [3.63, 3.8) is 0 Å². The van der Waals surface area contributed by atoms with Crippen LogP contribution in [0.4, 0.5) is 0 Å². The van der Waals surface area contributed by atoms with E-state index >= 15 is 0 Å². The molecular weight excluding hydrogens is 232 g/mol. The van der Waals surface area contributed by atoms with Crippen molar-refractivity contribution in [3.05, 3.63) is 23.4 Å². The van der Waals surface area contributed by atoms with Crippen LogP contribution in [0.5, 0.6) is 0 Å². The number of aromatic nitrogens is 4. The third-order valence-corrected chi connectivity index (χ3v) is 3.26. The number of carboxylic acid groups (broad SMARTS) is 1. The molecule has 2 aromatic rings. The van der Waals surface area contributed by atoms with E-state index in [0.717, 1.165) is 11.5 Å². The van der Waals surface area contributed by atoms with Crippen molar-refractivity contribution >= 4 is 11.6 Å². The van der Waals surface area contributed by atoms with Gasteiger partial charge in [0, 0.05) is 17.7 Å². The van der Waals surface area contributed by atoms with E-state index in [0.29, 0.717) is 11.5 Å². The Morgan fingerprint density at radius 1 is 1.33 bits per heavy atom. The molecule has 1 N–H and O–H groups in total. The second-order valence-electron chi connectivity index (χ2n) is 4.61. The topological polar surface area (TPSA) is 80.4 Å². The van der Waals surface area contributed by atoms with Gasteiger partial charge in [-0.15, -0.1) is 10.2 Å². The highest BCUT2D eigenvalue weighted by Crippen LogP contribution is 2.24. The number of aryl methyl sites for hydroxylation is 2. The summed E-state index contributed by atoms with van der Waals surface area (Å²) in [5, 5.41) is 17.3. The standard InChI is InChI=1S/C12H16N4O2/c1-6-5-10-14-15-11(16(10)9(4)13-6)7(2)8(3)12(17)18/h5,7-8H,1-4H3,(H,17,18). The van der Waals surface area contributed by atoms with E-state index in [4.69, 9.17) is 5.11 Å². The van der Waals surface area contributed by atoms with Gasteiger partial charge in [0.1, 0.15) is 11.6 Å². The molecule has 0 aliphatic heterocycles. The van der Waals surface area contributed by atoms with Gasteiger partial charge in [-0.1, -0.05) is 13.8 Å². The molecule has 0 aromatic carbocycles. The van der Waals surface area contributed by atoms with Crippen molar-refractivity contribution in [1.82, 2.24) is 19.6 Å². The summed E-state index contributed by atoms with van der Waals surface area (Å²) >= 11 is 0. The highest BCUT2D eigenvalue weighted by molar-refractivity contribution is 5.70. The SMILES string of the molecule is Cc1cc2nnc(C(C)C(C)C(=O)O)n2c(C)n1. The van der Waals surface area contributed by atoms with Crippen LogP contribution in [0, 0.1) is 19.8 Å². The summed E-state index contributed by atoms with van der Waals surface area (Å²) in [6.45, 7) is 7.27. The lowest BCUT2D eigenvalue weighted by Gasteiger charge is -2.14. The van der Waals surface area contributed by atoms with Crippen LogP contribution in [0.25, 0.3) is 5.65 Å². The van der Waals surface area contributed by atoms with E-state index in [1.165, 1.54) is 0 Å². The molecule has 6 nitrogen and oxygen atoms in total. The number of rotatable bonds is 3. The maximum absolute atomic E-state index is 11.0. The molecule has 0 radical (unpaired) electrons. The Kier molecular flexibility index (Phi) is 3.02. The lowest BCUT2D eigenvalue weighted by atomic mass is 9.95. The van der Waals surface area contributed by atoms with Gasteiger partial charge in [0.05, 0.1) is 5.92 Å². The molecule has 2 atom stereocenters. The zero-order chi connectivity index (χ0) is 13.4. The monoisotopic (exact) mass is 248 g/mol. The normalized spacial score (nSPS) is 14.7. The van der Waals surface area contributed by atoms with Crippen LogP contribution in [0.2, 0.25) is 0 Å². The van der Waals surface area contributed by atoms with E-state index in [9.17, 15) is 4.79 Å². The smallest absolute Gasteiger partial charge is 0.306 e. The summed E-state index contributed by atoms with van der Waals surface area (Å²) in [6, 6.07) is 1.83. The van der Waals surface area contributed by atoms with Crippen LogP contribution in [-0.4, -0.2) is 30.7 Å². The average molecular weight is 248 g/mol. The first-order valence-corrected chi connectivity index (χ1v) is 5.84. The quantitative estimate of drug-likeness (QED) is 0.891. The van der Waals surface area contributed by atoms with Crippen molar-refractivity contribution in [2.24, 2.45) is 5.92 Å². The minimum Gasteiger partial charge on any atom is -0.481 e. The van der Waals surface area contributed by atoms with Gasteiger partial charge < -0.3 is 5.11 Å². The molecular formula is C12H16N4O2. The van der Waals surface area contributed by atoms with Crippen molar-refractivity contribution in [2.45, 2.75) is 33.6 Å². The van der Waals surface area contributed by atoms with Gasteiger partial charge in [-0.05, 0) is 13.8 Å². The van der Waals surface area contributed by atoms with Crippen molar-refractivity contribution in [3.8, 4) is 0 Å². The van der Waals surface area contributed by atoms with E-state index < -0.39 is 11.9 Å². The van der Waals surface area contributed by atoms with Gasteiger partial charge in [0.15, 0.2) is 5.65 Å². The molecule has 0 spiro atoms. The molecule has 0 aliphatic carbocycles. The first kappa shape index (κ1) is 12.5. The fourth-order valence-electron chi connectivity index (χ4n) is 1.99. The summed E-state index contributed by atoms with van der Waals surface area (Å²) in [4.78, 5) is 15.4.